The van der Waals surface area contributed by atoms with Gasteiger partial charge < -0.3 is 0 Å². The van der Waals surface area contributed by atoms with E-state index in [2.05, 4.69) is 9.97 Å². The van der Waals surface area contributed by atoms with Crippen molar-refractivity contribution < 1.29 is 54.9 Å². The number of fused-ring (bicyclic) bond motifs is 1. The van der Waals surface area contributed by atoms with E-state index < -0.39 is 56.9 Å². The number of ether oxygens (including phenoxy) is 4. The van der Waals surface area contributed by atoms with E-state index in [0.29, 0.717) is 52.4 Å². The van der Waals surface area contributed by atoms with E-state index in [1.54, 1.807) is 44.7 Å². The second-order valence-corrected chi connectivity index (χ2v) is 16.0. The number of alkyl halides is 6. The van der Waals surface area contributed by atoms with Crippen molar-refractivity contribution in [3.05, 3.63) is 70.2 Å². The first-order valence-electron chi connectivity index (χ1n) is 16.5. The molecule has 3 atom stereocenters. The normalized spacial score (nSPS) is 16.6. The van der Waals surface area contributed by atoms with Crippen LogP contribution in [0.2, 0.25) is 0 Å². The van der Waals surface area contributed by atoms with Crippen LogP contribution in [0, 0.1) is 0 Å². The Kier molecular flexibility index (Phi) is 13.2. The summed E-state index contributed by atoms with van der Waals surface area (Å²) in [6.07, 6.45) is -8.52. The number of rotatable bonds is 12. The average Bonchev–Trinajstić information content (AvgIpc) is 3.05. The minimum absolute atomic E-state index is 0.0620. The van der Waals surface area contributed by atoms with Gasteiger partial charge in [-0.3, -0.25) is 0 Å². The number of hydrogen-bond donors (Lipinski definition) is 0. The Morgan fingerprint density at radius 2 is 1.65 bits per heavy atom. The van der Waals surface area contributed by atoms with Crippen LogP contribution in [0.15, 0.2) is 36.5 Å². The van der Waals surface area contributed by atoms with Crippen molar-refractivity contribution in [1.82, 2.24) is 15.0 Å². The Hall–Kier alpha value is -3.91. The van der Waals surface area contributed by atoms with Crippen LogP contribution in [-0.4, -0.2) is 74.7 Å². The number of benzene rings is 1. The van der Waals surface area contributed by atoms with Crippen LogP contribution in [0.4, 0.5) is 36.8 Å². The summed E-state index contributed by atoms with van der Waals surface area (Å²) in [4.78, 5) is 40.7. The summed E-state index contributed by atoms with van der Waals surface area (Å²) in [6.45, 7) is 8.74. The molecule has 17 heteroatoms. The van der Waals surface area contributed by atoms with E-state index in [-0.39, 0.29) is 60.7 Å². The number of anilines is 1. The Balaban J connectivity index is 1.71. The van der Waals surface area contributed by atoms with Crippen molar-refractivity contribution in [3.8, 4) is 5.88 Å². The molecule has 3 aromatic rings. The van der Waals surface area contributed by atoms with Crippen LogP contribution in [0.5, 0.6) is 5.88 Å². The van der Waals surface area contributed by atoms with E-state index in [9.17, 15) is 35.9 Å². The molecule has 10 nitrogen and oxygen atoms in total. The van der Waals surface area contributed by atoms with Gasteiger partial charge in [-0.1, -0.05) is 0 Å². The number of carbonyl (C=O) groups is 2. The Labute approximate surface area is 304 Å². The molecule has 1 amide bonds. The predicted octanol–water partition coefficient (Wildman–Crippen LogP) is 6.71. The van der Waals surface area contributed by atoms with Crippen molar-refractivity contribution in [2.24, 2.45) is 0 Å². The van der Waals surface area contributed by atoms with E-state index in [4.69, 9.17) is 23.9 Å². The summed E-state index contributed by atoms with van der Waals surface area (Å²) >= 11 is -1.34. The molecule has 0 spiro atoms. The van der Waals surface area contributed by atoms with Gasteiger partial charge in [-0.15, -0.1) is 0 Å². The third kappa shape index (κ3) is 10.8. The summed E-state index contributed by atoms with van der Waals surface area (Å²) in [5.74, 6) is -0.183. The molecule has 1 aliphatic heterocycles. The molecule has 52 heavy (non-hydrogen) atoms. The Morgan fingerprint density at radius 1 is 0.981 bits per heavy atom. The fourth-order valence-electron chi connectivity index (χ4n) is 5.61. The fourth-order valence-corrected chi connectivity index (χ4v) is 8.53. The van der Waals surface area contributed by atoms with Gasteiger partial charge in [0.25, 0.3) is 0 Å². The third-order valence-corrected chi connectivity index (χ3v) is 10.7. The van der Waals surface area contributed by atoms with Crippen LogP contribution in [0.25, 0.3) is 0 Å². The molecule has 0 radical (unpaired) electrons. The Bertz CT molecular complexity index is 1700. The van der Waals surface area contributed by atoms with Gasteiger partial charge in [0.05, 0.1) is 0 Å². The molecular weight excluding hydrogens is 761 g/mol. The standard InChI is InChI=1S/C35H41AsF6N4O6/c1-7-24-17-25(30-27(9-10-28(45-30)49-6)46(24)32(48)51-8-2)36-31-43-18-21(19-50-12-11-29(47)52-33(3,4)5)26(44-31)15-20-13-22(34(37,38)39)16-23(14-20)35(40,41)42/h9-10,13-14,16,18,24-25,36H,7-8,11-12,15,17,19H2,1-6H3/t24-,25+/m1/s1. The van der Waals surface area contributed by atoms with Gasteiger partial charge in [-0.25, -0.2) is 0 Å². The molecule has 0 fully saturated rings. The zero-order valence-electron chi connectivity index (χ0n) is 29.6. The number of amides is 1. The molecule has 2 aromatic heterocycles. The molecular formula is C35H41AsF6N4O6. The molecule has 3 heterocycles. The number of halogens is 6. The summed E-state index contributed by atoms with van der Waals surface area (Å²) in [6, 6.07) is 4.53. The first-order chi connectivity index (χ1) is 24.3. The summed E-state index contributed by atoms with van der Waals surface area (Å²) in [5, 5.41) is 0. The Morgan fingerprint density at radius 3 is 2.23 bits per heavy atom. The van der Waals surface area contributed by atoms with Gasteiger partial charge in [0, 0.05) is 0 Å². The van der Waals surface area contributed by atoms with Crippen LogP contribution in [0.3, 0.4) is 0 Å². The number of aromatic nitrogens is 3. The second kappa shape index (κ2) is 16.8. The SMILES string of the molecule is CCOC(=O)N1c2ccc(OC)nc2[C@@H]([AsH]c2ncc(COCCC(=O)OC(C)(C)C)c(Cc3cc(C(F)(F)F)cc(C(F)(F)F)c3)n2)C[C@H]1CC. The van der Waals surface area contributed by atoms with Crippen LogP contribution in [-0.2, 0) is 44.4 Å². The van der Waals surface area contributed by atoms with E-state index in [0.717, 1.165) is 0 Å². The number of methoxy groups -OCH3 is 1. The molecule has 0 saturated carbocycles. The first-order valence-corrected chi connectivity index (χ1v) is 18.8. The summed E-state index contributed by atoms with van der Waals surface area (Å²) in [7, 11) is 1.46. The van der Waals surface area contributed by atoms with E-state index in [1.807, 2.05) is 6.92 Å². The molecule has 0 saturated heterocycles. The molecule has 4 rings (SSSR count). The summed E-state index contributed by atoms with van der Waals surface area (Å²) in [5.41, 5.74) is -2.22. The fraction of sp³-hybridized carbons (Fsp3) is 0.514. The van der Waals surface area contributed by atoms with Gasteiger partial charge in [-0.05, 0) is 0 Å². The van der Waals surface area contributed by atoms with Crippen molar-refractivity contribution in [3.63, 3.8) is 0 Å². The minimum atomic E-state index is -5.03. The molecule has 1 unspecified atom stereocenters. The van der Waals surface area contributed by atoms with Gasteiger partial charge in [0.2, 0.25) is 0 Å². The molecule has 1 aliphatic rings. The van der Waals surface area contributed by atoms with Crippen molar-refractivity contribution in [1.29, 1.82) is 0 Å². The number of carbonyl (C=O) groups excluding carboxylic acids is 2. The number of pyridine rings is 1. The van der Waals surface area contributed by atoms with Gasteiger partial charge in [0.1, 0.15) is 0 Å². The molecule has 284 valence electrons. The van der Waals surface area contributed by atoms with Crippen LogP contribution >= 0.6 is 0 Å². The maximum atomic E-state index is 13.7. The molecule has 0 bridgehead atoms. The zero-order chi connectivity index (χ0) is 38.4. The van der Waals surface area contributed by atoms with Crippen molar-refractivity contribution in [2.75, 3.05) is 25.2 Å². The maximum absolute atomic E-state index is 13.7. The van der Waals surface area contributed by atoms with Crippen LogP contribution in [0.1, 0.15) is 92.2 Å². The first kappa shape index (κ1) is 40.9. The molecule has 0 N–H and O–H groups in total. The zero-order valence-corrected chi connectivity index (χ0v) is 31.7. The quantitative estimate of drug-likeness (QED) is 0.0855. The van der Waals surface area contributed by atoms with Crippen molar-refractivity contribution in [2.45, 2.75) is 95.6 Å². The van der Waals surface area contributed by atoms with E-state index >= 15 is 0 Å². The van der Waals surface area contributed by atoms with Crippen molar-refractivity contribution >= 4 is 38.1 Å². The number of nitrogens with zero attached hydrogens (tertiary/aromatic N) is 4. The van der Waals surface area contributed by atoms with Gasteiger partial charge in [-0.2, -0.15) is 0 Å². The van der Waals surface area contributed by atoms with E-state index in [1.165, 1.54) is 13.3 Å². The topological polar surface area (TPSA) is 113 Å². The summed E-state index contributed by atoms with van der Waals surface area (Å²) < 4.78 is 104. The number of esters is 1. The third-order valence-electron chi connectivity index (χ3n) is 7.89. The molecule has 0 aliphatic carbocycles. The van der Waals surface area contributed by atoms with Crippen LogP contribution < -0.4 is 14.2 Å². The number of hydrogen-bond acceptors (Lipinski definition) is 9. The predicted molar refractivity (Wildman–Crippen MR) is 180 cm³/mol. The average molecular weight is 803 g/mol. The van der Waals surface area contributed by atoms with Gasteiger partial charge in [0.15, 0.2) is 0 Å². The second-order valence-electron chi connectivity index (χ2n) is 13.0. The molecule has 1 aromatic carbocycles. The monoisotopic (exact) mass is 802 g/mol. The van der Waals surface area contributed by atoms with Gasteiger partial charge >= 0.3 is 305 Å².